The first-order chi connectivity index (χ1) is 14.9. The summed E-state index contributed by atoms with van der Waals surface area (Å²) < 4.78 is 11.7. The predicted molar refractivity (Wildman–Crippen MR) is 126 cm³/mol. The fourth-order valence-corrected chi connectivity index (χ4v) is 3.76. The number of ether oxygens (including phenoxy) is 2. The zero-order valence-corrected chi connectivity index (χ0v) is 20.3. The Morgan fingerprint density at radius 1 is 1.16 bits per heavy atom. The highest BCUT2D eigenvalue weighted by Gasteiger charge is 2.28. The van der Waals surface area contributed by atoms with E-state index in [-0.39, 0.29) is 25.0 Å². The molecule has 0 saturated carbocycles. The number of amides is 2. The van der Waals surface area contributed by atoms with Crippen LogP contribution in [0.4, 0.5) is 0 Å². The molecule has 1 N–H and O–H groups in total. The van der Waals surface area contributed by atoms with Gasteiger partial charge in [-0.1, -0.05) is 53.5 Å². The molecule has 8 heteroatoms. The largest absolute Gasteiger partial charge is 0.497 e. The van der Waals surface area contributed by atoms with E-state index in [2.05, 4.69) is 21.2 Å². The quantitative estimate of drug-likeness (QED) is 0.469. The number of halogens is 2. The summed E-state index contributed by atoms with van der Waals surface area (Å²) in [5.41, 5.74) is 0.887. The van der Waals surface area contributed by atoms with Gasteiger partial charge in [-0.15, -0.1) is 0 Å². The maximum absolute atomic E-state index is 13.1. The van der Waals surface area contributed by atoms with Crippen LogP contribution in [0.25, 0.3) is 0 Å². The third kappa shape index (κ3) is 7.43. The Balaban J connectivity index is 2.20. The minimum absolute atomic E-state index is 0.173. The van der Waals surface area contributed by atoms with Gasteiger partial charge < -0.3 is 19.7 Å². The Bertz CT molecular complexity index is 876. The first-order valence-electron chi connectivity index (χ1n) is 10.2. The second-order valence-electron chi connectivity index (χ2n) is 6.95. The lowest BCUT2D eigenvalue weighted by Crippen LogP contribution is -2.50. The van der Waals surface area contributed by atoms with E-state index in [9.17, 15) is 9.59 Å². The second-order valence-corrected chi connectivity index (χ2v) is 8.27. The molecule has 0 spiro atoms. The number of hydrogen-bond acceptors (Lipinski definition) is 4. The summed E-state index contributed by atoms with van der Waals surface area (Å²) in [4.78, 5) is 27.4. The first-order valence-corrected chi connectivity index (χ1v) is 11.3. The van der Waals surface area contributed by atoms with Crippen molar-refractivity contribution in [1.29, 1.82) is 0 Å². The van der Waals surface area contributed by atoms with E-state index < -0.39 is 6.04 Å². The van der Waals surface area contributed by atoms with Crippen LogP contribution in [0.3, 0.4) is 0 Å². The van der Waals surface area contributed by atoms with Gasteiger partial charge in [0.15, 0.2) is 6.61 Å². The fraction of sp³-hybridized carbons (Fsp3) is 0.391. The van der Waals surface area contributed by atoms with Crippen LogP contribution in [0.15, 0.2) is 46.9 Å². The molecular formula is C23H28BrClN2O4. The van der Waals surface area contributed by atoms with Gasteiger partial charge in [-0.25, -0.2) is 0 Å². The molecule has 0 aliphatic heterocycles. The lowest BCUT2D eigenvalue weighted by molar-refractivity contribution is -0.143. The van der Waals surface area contributed by atoms with Gasteiger partial charge >= 0.3 is 0 Å². The smallest absolute Gasteiger partial charge is 0.261 e. The standard InChI is InChI=1S/C23H28BrClN2O4/c1-4-12-26-23(29)20(5-2)27(14-16-6-9-18(30-3)10-7-16)22(28)15-31-21-11-8-17(24)13-19(21)25/h6-11,13,20H,4-5,12,14-15H2,1-3H3,(H,26,29)/t20-/m0/s1. The van der Waals surface area contributed by atoms with E-state index in [0.717, 1.165) is 22.2 Å². The molecule has 1 atom stereocenters. The third-order valence-corrected chi connectivity index (χ3v) is 5.48. The molecule has 2 aromatic carbocycles. The minimum Gasteiger partial charge on any atom is -0.497 e. The van der Waals surface area contributed by atoms with Gasteiger partial charge in [-0.3, -0.25) is 9.59 Å². The third-order valence-electron chi connectivity index (χ3n) is 4.69. The number of carbonyl (C=O) groups is 2. The molecule has 0 saturated heterocycles. The lowest BCUT2D eigenvalue weighted by atomic mass is 10.1. The summed E-state index contributed by atoms with van der Waals surface area (Å²) in [5, 5.41) is 3.29. The van der Waals surface area contributed by atoms with E-state index in [0.29, 0.717) is 23.7 Å². The summed E-state index contributed by atoms with van der Waals surface area (Å²) in [6, 6.07) is 12.0. The van der Waals surface area contributed by atoms with Gasteiger partial charge in [0.05, 0.1) is 12.1 Å². The highest BCUT2D eigenvalue weighted by atomic mass is 79.9. The SMILES string of the molecule is CCCNC(=O)[C@H](CC)N(Cc1ccc(OC)cc1)C(=O)COc1ccc(Br)cc1Cl. The van der Waals surface area contributed by atoms with Crippen molar-refractivity contribution in [2.24, 2.45) is 0 Å². The van der Waals surface area contributed by atoms with Crippen LogP contribution in [0, 0.1) is 0 Å². The van der Waals surface area contributed by atoms with E-state index in [1.807, 2.05) is 38.1 Å². The maximum Gasteiger partial charge on any atom is 0.261 e. The molecular weight excluding hydrogens is 484 g/mol. The first kappa shape index (κ1) is 25.0. The van der Waals surface area contributed by atoms with Gasteiger partial charge in [0.1, 0.15) is 17.5 Å². The Labute approximate surface area is 197 Å². The minimum atomic E-state index is -0.606. The van der Waals surface area contributed by atoms with Crippen molar-refractivity contribution in [3.05, 3.63) is 57.5 Å². The number of nitrogens with zero attached hydrogens (tertiary/aromatic N) is 1. The van der Waals surface area contributed by atoms with Crippen LogP contribution in [-0.4, -0.2) is 43.0 Å². The molecule has 0 fully saturated rings. The van der Waals surface area contributed by atoms with Crippen molar-refractivity contribution in [2.75, 3.05) is 20.3 Å². The molecule has 0 bridgehead atoms. The van der Waals surface area contributed by atoms with Crippen molar-refractivity contribution < 1.29 is 19.1 Å². The molecule has 2 rings (SSSR count). The van der Waals surface area contributed by atoms with Crippen LogP contribution >= 0.6 is 27.5 Å². The van der Waals surface area contributed by atoms with E-state index in [4.69, 9.17) is 21.1 Å². The Morgan fingerprint density at radius 2 is 1.87 bits per heavy atom. The Kier molecular flexibility index (Phi) is 10.1. The molecule has 0 unspecified atom stereocenters. The van der Waals surface area contributed by atoms with Gasteiger partial charge in [-0.05, 0) is 48.7 Å². The monoisotopic (exact) mass is 510 g/mol. The van der Waals surface area contributed by atoms with E-state index in [1.165, 1.54) is 0 Å². The second kappa shape index (κ2) is 12.6. The van der Waals surface area contributed by atoms with Crippen LogP contribution < -0.4 is 14.8 Å². The van der Waals surface area contributed by atoms with Gasteiger partial charge in [-0.2, -0.15) is 0 Å². The molecule has 0 radical (unpaired) electrons. The molecule has 0 heterocycles. The van der Waals surface area contributed by atoms with Crippen molar-refractivity contribution in [3.8, 4) is 11.5 Å². The number of methoxy groups -OCH3 is 1. The maximum atomic E-state index is 13.1. The number of carbonyl (C=O) groups excluding carboxylic acids is 2. The van der Waals surface area contributed by atoms with Crippen LogP contribution in [-0.2, 0) is 16.1 Å². The van der Waals surface area contributed by atoms with E-state index in [1.54, 1.807) is 30.2 Å². The Morgan fingerprint density at radius 3 is 2.45 bits per heavy atom. The predicted octanol–water partition coefficient (Wildman–Crippen LogP) is 4.82. The molecule has 0 aliphatic carbocycles. The normalized spacial score (nSPS) is 11.5. The van der Waals surface area contributed by atoms with Crippen LogP contribution in [0.2, 0.25) is 5.02 Å². The highest BCUT2D eigenvalue weighted by Crippen LogP contribution is 2.28. The number of nitrogens with one attached hydrogen (secondary N) is 1. The fourth-order valence-electron chi connectivity index (χ4n) is 3.03. The summed E-state index contributed by atoms with van der Waals surface area (Å²) in [6.45, 7) is 4.48. The number of hydrogen-bond donors (Lipinski definition) is 1. The number of benzene rings is 2. The average molecular weight is 512 g/mol. The van der Waals surface area contributed by atoms with Gasteiger partial charge in [0.2, 0.25) is 5.91 Å². The highest BCUT2D eigenvalue weighted by molar-refractivity contribution is 9.10. The summed E-state index contributed by atoms with van der Waals surface area (Å²) in [6.07, 6.45) is 1.30. The zero-order chi connectivity index (χ0) is 22.8. The van der Waals surface area contributed by atoms with Crippen LogP contribution in [0.5, 0.6) is 11.5 Å². The van der Waals surface area contributed by atoms with E-state index >= 15 is 0 Å². The molecule has 2 amide bonds. The molecule has 2 aromatic rings. The van der Waals surface area contributed by atoms with Gasteiger partial charge in [0.25, 0.3) is 5.91 Å². The summed E-state index contributed by atoms with van der Waals surface area (Å²) >= 11 is 9.54. The zero-order valence-electron chi connectivity index (χ0n) is 18.0. The molecule has 6 nitrogen and oxygen atoms in total. The topological polar surface area (TPSA) is 67.9 Å². The summed E-state index contributed by atoms with van der Waals surface area (Å²) in [7, 11) is 1.60. The molecule has 168 valence electrons. The van der Waals surface area contributed by atoms with Crippen molar-refractivity contribution in [2.45, 2.75) is 39.3 Å². The molecule has 0 aliphatic rings. The van der Waals surface area contributed by atoms with Crippen molar-refractivity contribution in [1.82, 2.24) is 10.2 Å². The number of rotatable bonds is 11. The van der Waals surface area contributed by atoms with Crippen molar-refractivity contribution >= 4 is 39.3 Å². The molecule has 0 aromatic heterocycles. The lowest BCUT2D eigenvalue weighted by Gasteiger charge is -2.30. The van der Waals surface area contributed by atoms with Crippen molar-refractivity contribution in [3.63, 3.8) is 0 Å². The average Bonchev–Trinajstić information content (AvgIpc) is 2.77. The van der Waals surface area contributed by atoms with Gasteiger partial charge in [0, 0.05) is 17.6 Å². The molecule has 31 heavy (non-hydrogen) atoms. The Hall–Kier alpha value is -2.25. The van der Waals surface area contributed by atoms with Crippen LogP contribution in [0.1, 0.15) is 32.3 Å². The summed E-state index contributed by atoms with van der Waals surface area (Å²) in [5.74, 6) is 0.662.